The summed E-state index contributed by atoms with van der Waals surface area (Å²) in [6.45, 7) is 1.57. The number of hydrogen-bond acceptors (Lipinski definition) is 16. The second-order valence-electron chi connectivity index (χ2n) is 32.0. The molecular weight excluding hydrogens is 2150 g/mol. The maximum Gasteiger partial charge on any atom is 0.419 e. The molecule has 0 fully saturated rings. The maximum absolute atomic E-state index is 13.8. The molecule has 750 valence electrons. The van der Waals surface area contributed by atoms with Crippen LogP contribution < -0.4 is 0 Å². The van der Waals surface area contributed by atoms with E-state index in [0.717, 1.165) is 95.9 Å². The zero-order valence-corrected chi connectivity index (χ0v) is 86.2. The Balaban J connectivity index is 0.000000151. The zero-order chi connectivity index (χ0) is 105. The van der Waals surface area contributed by atoms with E-state index >= 15 is 0 Å². The molecule has 0 bridgehead atoms. The van der Waals surface area contributed by atoms with Crippen molar-refractivity contribution >= 4 is 133 Å². The molecular formula is C101H79F14O16S13+5. The summed E-state index contributed by atoms with van der Waals surface area (Å²) in [7, 11) is -32.7. The lowest BCUT2D eigenvalue weighted by molar-refractivity contribution is -0.140. The van der Waals surface area contributed by atoms with Crippen molar-refractivity contribution in [3.05, 3.63) is 391 Å². The third kappa shape index (κ3) is 25.8. The molecule has 0 aromatic heterocycles. The van der Waals surface area contributed by atoms with Gasteiger partial charge in [0.2, 0.25) is 19.7 Å². The summed E-state index contributed by atoms with van der Waals surface area (Å²) in [6.07, 6.45) is -11.8. The monoisotopic (exact) mass is 2230 g/mol. The van der Waals surface area contributed by atoms with Gasteiger partial charge in [-0.3, -0.25) is 0 Å². The van der Waals surface area contributed by atoms with Crippen LogP contribution in [-0.4, -0.2) is 105 Å². The molecule has 17 rings (SSSR count). The van der Waals surface area contributed by atoms with Crippen molar-refractivity contribution in [2.45, 2.75) is 154 Å². The summed E-state index contributed by atoms with van der Waals surface area (Å²) in [6, 6.07) is 85.0. The number of alkyl halides is 12. The molecule has 0 spiro atoms. The molecule has 0 saturated heterocycles. The van der Waals surface area contributed by atoms with Gasteiger partial charge >= 0.3 is 24.7 Å². The van der Waals surface area contributed by atoms with Gasteiger partial charge in [-0.2, -0.15) is 52.7 Å². The fraction of sp³-hybridized carbons (Fsp3) is 0.109. The second-order valence-corrected chi connectivity index (χ2v) is 57.8. The van der Waals surface area contributed by atoms with Crippen LogP contribution in [0.4, 0.5) is 61.5 Å². The van der Waals surface area contributed by atoms with Crippen molar-refractivity contribution < 1.29 is 129 Å². The third-order valence-electron chi connectivity index (χ3n) is 21.3. The standard InChI is InChI=1S/C22H20F3O4S3.C21H18F3O4S3.C20H18FO4S3.C19H11F4O2S2.C19H12F3O2S2/c1-15-12-16(22(23,24)25)14-19(13-15)30(17-4-8-20(9-5-17)31(2,26)27)18-6-10-21(11-7-18)32(3,28)29;1-30(25,26)19-10-6-16(7-11-19)29(17-8-12-20(13-9-17)31(2,27)28)18-5-3-4-15(14-18)21(22,23)24;1-27(22,23)19-10-6-16(7-11-19)26(18-5-3-4-15(21)14-18)17-8-12-20(13-9-17)28(2,24)25;20-14-10-9-12(11-13(14)19(21,22)23)26-15-5-1-3-7-17(15)27(24,25)18-8-4-2-6-16(18)26;20-19(21,22)13-6-5-7-14(12-13)25-15-8-1-3-10-17(15)26(23,24)18-11-4-2-9-16(18)25/h4-14H,1-3H3;3-14H,1-2H3;3-14H,1-2H3;1-11H;1-12H/q5*+1. The fourth-order valence-electron chi connectivity index (χ4n) is 14.6. The van der Waals surface area contributed by atoms with Gasteiger partial charge in [0.1, 0.15) is 53.0 Å². The number of rotatable bonds is 17. The summed E-state index contributed by atoms with van der Waals surface area (Å²) >= 11 is 0. The molecule has 16 nitrogen and oxygen atoms in total. The van der Waals surface area contributed by atoms with Crippen LogP contribution in [0.1, 0.15) is 27.8 Å². The first-order valence-corrected chi connectivity index (χ1v) is 62.0. The topological polar surface area (TPSA) is 273 Å². The molecule has 0 N–H and O–H groups in total. The van der Waals surface area contributed by atoms with Crippen molar-refractivity contribution in [2.24, 2.45) is 0 Å². The third-order valence-corrected chi connectivity index (χ3v) is 43.6. The Kier molecular flexibility index (Phi) is 32.5. The smallest absolute Gasteiger partial charge is 0.224 e. The molecule has 144 heavy (non-hydrogen) atoms. The average Bonchev–Trinajstić information content (AvgIpc) is 0.725. The van der Waals surface area contributed by atoms with Gasteiger partial charge in [0, 0.05) is 67.9 Å². The SMILES string of the molecule is CS(=O)(=O)c1ccc([S+](c2ccc(S(C)(=O)=O)cc2)c2cccc(C(F)(F)F)c2)cc1.CS(=O)(=O)c1ccc([S+](c2ccc(S(C)(=O)=O)cc2)c2cccc(F)c2)cc1.Cc1cc([S+](c2ccc(S(C)(=O)=O)cc2)c2ccc(S(C)(=O)=O)cc2)cc(C(F)(F)F)c1.O=S1(=O)c2ccccc2[S+](c2ccc(F)c(C(F)(F)F)c2)c2ccccc21.O=S1(=O)c2ccccc2[S+](c2cccc(C(F)(F)F)c2)c2ccccc21. The molecule has 2 aliphatic heterocycles. The minimum Gasteiger partial charge on any atom is -0.224 e. The minimum atomic E-state index is -4.84. The Morgan fingerprint density at radius 1 is 0.236 bits per heavy atom. The first-order chi connectivity index (χ1) is 67.0. The minimum absolute atomic E-state index is 0.0601. The van der Waals surface area contributed by atoms with Gasteiger partial charge in [-0.05, 0) is 267 Å². The molecule has 15 aromatic carbocycles. The van der Waals surface area contributed by atoms with Gasteiger partial charge in [0.15, 0.2) is 132 Å². The molecule has 2 heterocycles. The molecule has 15 aromatic rings. The predicted molar refractivity (Wildman–Crippen MR) is 522 cm³/mol. The fourth-order valence-corrected chi connectivity index (χ4v) is 34.2. The van der Waals surface area contributed by atoms with Gasteiger partial charge in [0.05, 0.1) is 84.3 Å². The predicted octanol–water partition coefficient (Wildman–Crippen LogP) is 23.3. The highest BCUT2D eigenvalue weighted by Gasteiger charge is 2.49. The highest BCUT2D eigenvalue weighted by molar-refractivity contribution is 8.01. The van der Waals surface area contributed by atoms with Crippen molar-refractivity contribution in [2.75, 3.05) is 37.5 Å². The average molecular weight is 2230 g/mol. The molecule has 0 radical (unpaired) electrons. The number of fused-ring (bicyclic) bond motifs is 4. The van der Waals surface area contributed by atoms with Gasteiger partial charge in [-0.1, -0.05) is 66.7 Å². The highest BCUT2D eigenvalue weighted by atomic mass is 32.2. The van der Waals surface area contributed by atoms with Crippen LogP contribution >= 0.6 is 0 Å². The number of halogens is 14. The molecule has 0 unspecified atom stereocenters. The van der Waals surface area contributed by atoms with E-state index in [9.17, 15) is 129 Å². The zero-order valence-electron chi connectivity index (χ0n) is 75.6. The normalized spacial score (nSPS) is 13.9. The Hall–Kier alpha value is -11.3. The summed E-state index contributed by atoms with van der Waals surface area (Å²) in [5.41, 5.74) is -3.27. The van der Waals surface area contributed by atoms with E-state index < -0.39 is 186 Å². The highest BCUT2D eigenvalue weighted by Crippen LogP contribution is 2.50. The van der Waals surface area contributed by atoms with Crippen molar-refractivity contribution in [1.29, 1.82) is 0 Å². The van der Waals surface area contributed by atoms with Crippen LogP contribution in [0.15, 0.2) is 474 Å². The van der Waals surface area contributed by atoms with Crippen molar-refractivity contribution in [3.63, 3.8) is 0 Å². The Bertz CT molecular complexity index is 8050. The number of hydrogen-bond donors (Lipinski definition) is 0. The first-order valence-electron chi connectivity index (χ1n) is 41.5. The quantitative estimate of drug-likeness (QED) is 0.0605. The Morgan fingerprint density at radius 3 is 0.778 bits per heavy atom. The summed E-state index contributed by atoms with van der Waals surface area (Å²) < 4.78 is 380. The lowest BCUT2D eigenvalue weighted by atomic mass is 10.1. The summed E-state index contributed by atoms with van der Waals surface area (Å²) in [5, 5.41) is 0. The van der Waals surface area contributed by atoms with Crippen molar-refractivity contribution in [3.8, 4) is 0 Å². The van der Waals surface area contributed by atoms with E-state index in [0.29, 0.717) is 64.3 Å². The number of aryl methyl sites for hydroxylation is 1. The van der Waals surface area contributed by atoms with Gasteiger partial charge in [-0.15, -0.1) is 0 Å². The Labute approximate surface area is 837 Å². The number of benzene rings is 15. The maximum atomic E-state index is 13.8. The summed E-state index contributed by atoms with van der Waals surface area (Å²) in [4.78, 5) is 9.13. The molecule has 2 aliphatic rings. The van der Waals surface area contributed by atoms with E-state index in [4.69, 9.17) is 0 Å². The van der Waals surface area contributed by atoms with Crippen molar-refractivity contribution in [1.82, 2.24) is 0 Å². The van der Waals surface area contributed by atoms with E-state index in [1.54, 1.807) is 183 Å². The van der Waals surface area contributed by atoms with Crippen LogP contribution in [0, 0.1) is 18.6 Å². The molecule has 0 atom stereocenters. The largest absolute Gasteiger partial charge is 0.419 e. The lowest BCUT2D eigenvalue weighted by Gasteiger charge is -2.20. The number of sulfone groups is 8. The van der Waals surface area contributed by atoms with Gasteiger partial charge in [-0.25, -0.2) is 76.1 Å². The first kappa shape index (κ1) is 110. The molecule has 43 heteroatoms. The molecule has 0 aliphatic carbocycles. The van der Waals surface area contributed by atoms with Crippen LogP contribution in [0.5, 0.6) is 0 Å². The van der Waals surface area contributed by atoms with E-state index in [1.807, 2.05) is 0 Å². The second kappa shape index (κ2) is 42.6. The van der Waals surface area contributed by atoms with Crippen LogP contribution in [0.2, 0.25) is 0 Å². The van der Waals surface area contributed by atoms with Crippen LogP contribution in [0.25, 0.3) is 0 Å². The van der Waals surface area contributed by atoms with Gasteiger partial charge < -0.3 is 0 Å². The molecule has 0 saturated carbocycles. The van der Waals surface area contributed by atoms with E-state index in [1.165, 1.54) is 127 Å². The van der Waals surface area contributed by atoms with E-state index in [-0.39, 0.29) is 59.7 Å². The van der Waals surface area contributed by atoms with Crippen LogP contribution in [0.3, 0.4) is 0 Å². The van der Waals surface area contributed by atoms with E-state index in [2.05, 4.69) is 0 Å². The Morgan fingerprint density at radius 2 is 0.493 bits per heavy atom. The van der Waals surface area contributed by atoms with Gasteiger partial charge in [0.25, 0.3) is 0 Å². The van der Waals surface area contributed by atoms with Crippen LogP contribution in [-0.2, 0) is 158 Å². The summed E-state index contributed by atoms with van der Waals surface area (Å²) in [5.74, 6) is -1.74. The molecule has 0 amide bonds. The lowest BCUT2D eigenvalue weighted by Crippen LogP contribution is -2.21.